The number of para-hydroxylation sites is 1. The molecule has 0 unspecified atom stereocenters. The van der Waals surface area contributed by atoms with E-state index < -0.39 is 6.23 Å². The summed E-state index contributed by atoms with van der Waals surface area (Å²) in [6, 6.07) is 11.5. The van der Waals surface area contributed by atoms with E-state index in [1.165, 1.54) is 18.7 Å². The van der Waals surface area contributed by atoms with Crippen LogP contribution in [-0.2, 0) is 4.79 Å². The van der Waals surface area contributed by atoms with Gasteiger partial charge in [0.1, 0.15) is 0 Å². The summed E-state index contributed by atoms with van der Waals surface area (Å²) in [7, 11) is 0. The molecule has 3 heterocycles. The number of thioether (sulfide) groups is 1. The molecule has 8 heteroatoms. The molecule has 146 valence electrons. The van der Waals surface area contributed by atoms with E-state index in [0.717, 1.165) is 10.4 Å². The predicted molar refractivity (Wildman–Crippen MR) is 117 cm³/mol. The largest absolute Gasteiger partial charge is 0.448 e. The summed E-state index contributed by atoms with van der Waals surface area (Å²) in [6.45, 7) is 5.24. The van der Waals surface area contributed by atoms with Crippen LogP contribution in [0.25, 0.3) is 17.3 Å². The van der Waals surface area contributed by atoms with Gasteiger partial charge in [0.15, 0.2) is 11.9 Å². The number of thiophene rings is 1. The first-order chi connectivity index (χ1) is 14.2. The second-order valence-corrected chi connectivity index (χ2v) is 8.10. The molecule has 1 atom stereocenters. The van der Waals surface area contributed by atoms with Crippen molar-refractivity contribution in [3.8, 4) is 17.1 Å². The van der Waals surface area contributed by atoms with Gasteiger partial charge in [0.25, 0.3) is 0 Å². The summed E-state index contributed by atoms with van der Waals surface area (Å²) in [5.74, 6) is 0.877. The van der Waals surface area contributed by atoms with Crippen molar-refractivity contribution >= 4 is 40.8 Å². The second-order valence-electron chi connectivity index (χ2n) is 6.14. The quantitative estimate of drug-likeness (QED) is 0.440. The fourth-order valence-electron chi connectivity index (χ4n) is 2.97. The summed E-state index contributed by atoms with van der Waals surface area (Å²) >= 11 is 3.03. The molecule has 1 aliphatic heterocycles. The van der Waals surface area contributed by atoms with E-state index in [9.17, 15) is 4.79 Å². The van der Waals surface area contributed by atoms with Crippen molar-refractivity contribution in [2.45, 2.75) is 18.3 Å². The van der Waals surface area contributed by atoms with Crippen LogP contribution in [-0.4, -0.2) is 33.1 Å². The van der Waals surface area contributed by atoms with Gasteiger partial charge in [0.05, 0.1) is 5.69 Å². The summed E-state index contributed by atoms with van der Waals surface area (Å²) in [5, 5.41) is 11.1. The number of benzene rings is 1. The average Bonchev–Trinajstić information content (AvgIpc) is 3.20. The minimum atomic E-state index is -0.661. The molecule has 4 rings (SSSR count). The van der Waals surface area contributed by atoms with Crippen LogP contribution >= 0.6 is 23.1 Å². The minimum Gasteiger partial charge on any atom is -0.448 e. The van der Waals surface area contributed by atoms with Crippen molar-refractivity contribution in [3.63, 3.8) is 0 Å². The number of nitrogens with zero attached hydrogens (tertiary/aromatic N) is 4. The van der Waals surface area contributed by atoms with Gasteiger partial charge in [-0.2, -0.15) is 4.98 Å². The number of hydrogen-bond donors (Lipinski definition) is 0. The van der Waals surface area contributed by atoms with Crippen molar-refractivity contribution in [3.05, 3.63) is 65.4 Å². The number of rotatable bonds is 5. The summed E-state index contributed by atoms with van der Waals surface area (Å²) in [5.41, 5.74) is 1.98. The molecular formula is C21H18N4O2S2. The van der Waals surface area contributed by atoms with Gasteiger partial charge in [-0.05, 0) is 29.7 Å². The van der Waals surface area contributed by atoms with E-state index in [2.05, 4.69) is 21.8 Å². The maximum absolute atomic E-state index is 12.6. The van der Waals surface area contributed by atoms with Crippen LogP contribution < -0.4 is 9.64 Å². The van der Waals surface area contributed by atoms with Crippen LogP contribution in [0.4, 0.5) is 5.69 Å². The Bertz CT molecular complexity index is 1070. The Balaban J connectivity index is 1.82. The van der Waals surface area contributed by atoms with Gasteiger partial charge in [0, 0.05) is 23.1 Å². The third kappa shape index (κ3) is 4.08. The Kier molecular flexibility index (Phi) is 5.73. The first-order valence-corrected chi connectivity index (χ1v) is 10.8. The number of anilines is 1. The monoisotopic (exact) mass is 422 g/mol. The molecule has 0 spiro atoms. The van der Waals surface area contributed by atoms with Crippen molar-refractivity contribution in [1.29, 1.82) is 0 Å². The van der Waals surface area contributed by atoms with Crippen molar-refractivity contribution < 1.29 is 9.53 Å². The molecule has 2 aromatic heterocycles. The lowest BCUT2D eigenvalue weighted by atomic mass is 10.1. The third-order valence-electron chi connectivity index (χ3n) is 4.18. The molecule has 0 fully saturated rings. The molecule has 0 aliphatic carbocycles. The number of amides is 1. The van der Waals surface area contributed by atoms with Crippen LogP contribution in [0.1, 0.15) is 11.8 Å². The maximum Gasteiger partial charge on any atom is 0.247 e. The van der Waals surface area contributed by atoms with Crippen LogP contribution in [0, 0.1) is 0 Å². The zero-order valence-electron chi connectivity index (χ0n) is 15.7. The van der Waals surface area contributed by atoms with E-state index in [4.69, 9.17) is 4.74 Å². The average molecular weight is 423 g/mol. The van der Waals surface area contributed by atoms with E-state index >= 15 is 0 Å². The van der Waals surface area contributed by atoms with Gasteiger partial charge in [-0.3, -0.25) is 9.69 Å². The fourth-order valence-corrected chi connectivity index (χ4v) is 4.11. The summed E-state index contributed by atoms with van der Waals surface area (Å²) < 4.78 is 6.20. The highest BCUT2D eigenvalue weighted by Crippen LogP contribution is 2.39. The van der Waals surface area contributed by atoms with E-state index in [-0.39, 0.29) is 5.91 Å². The van der Waals surface area contributed by atoms with E-state index in [1.54, 1.807) is 22.3 Å². The number of fused-ring (bicyclic) bond motifs is 3. The molecule has 0 saturated carbocycles. The smallest absolute Gasteiger partial charge is 0.247 e. The standard InChI is InChI=1S/C21H18N4O2S2/c1-3-12-29-21-22-20-19(23-24-21)16-8-4-5-9-17(16)25(14(2)26)18(27-20)11-10-15-7-6-13-28-15/h3-11,13,18H,1,12H2,2H3/b11-10+/t18-/m1/s1. The molecule has 29 heavy (non-hydrogen) atoms. The molecule has 0 bridgehead atoms. The van der Waals surface area contributed by atoms with Gasteiger partial charge in [-0.15, -0.1) is 28.1 Å². The highest BCUT2D eigenvalue weighted by molar-refractivity contribution is 7.99. The Morgan fingerprint density at radius 1 is 1.31 bits per heavy atom. The Labute approximate surface area is 177 Å². The zero-order chi connectivity index (χ0) is 20.2. The highest BCUT2D eigenvalue weighted by atomic mass is 32.2. The minimum absolute atomic E-state index is 0.139. The number of carbonyl (C=O) groups excluding carboxylic acids is 1. The molecule has 1 amide bonds. The molecular weight excluding hydrogens is 404 g/mol. The Morgan fingerprint density at radius 2 is 2.17 bits per heavy atom. The summed E-state index contributed by atoms with van der Waals surface area (Å²) in [4.78, 5) is 19.8. The van der Waals surface area contributed by atoms with Crippen molar-refractivity contribution in [1.82, 2.24) is 15.2 Å². The van der Waals surface area contributed by atoms with E-state index in [1.807, 2.05) is 53.9 Å². The third-order valence-corrected chi connectivity index (χ3v) is 5.85. The predicted octanol–water partition coefficient (Wildman–Crippen LogP) is 4.66. The van der Waals surface area contributed by atoms with Crippen LogP contribution in [0.2, 0.25) is 0 Å². The first kappa shape index (κ1) is 19.4. The number of carbonyl (C=O) groups is 1. The normalized spacial score (nSPS) is 15.3. The molecule has 1 aromatic carbocycles. The molecule has 0 radical (unpaired) electrons. The SMILES string of the molecule is C=CCSc1nnc2c(n1)O[C@H](/C=C/c1cccs1)N(C(C)=O)c1ccccc1-2. The van der Waals surface area contributed by atoms with Gasteiger partial charge in [-0.1, -0.05) is 42.1 Å². The molecule has 3 aromatic rings. The molecule has 6 nitrogen and oxygen atoms in total. The van der Waals surface area contributed by atoms with Crippen LogP contribution in [0.5, 0.6) is 5.88 Å². The number of ether oxygens (including phenoxy) is 1. The Hall–Kier alpha value is -2.97. The number of aromatic nitrogens is 3. The zero-order valence-corrected chi connectivity index (χ0v) is 17.3. The fraction of sp³-hybridized carbons (Fsp3) is 0.143. The molecule has 1 aliphatic rings. The lowest BCUT2D eigenvalue weighted by Crippen LogP contribution is -2.41. The van der Waals surface area contributed by atoms with Gasteiger partial charge < -0.3 is 4.74 Å². The Morgan fingerprint density at radius 3 is 2.93 bits per heavy atom. The number of hydrogen-bond acceptors (Lipinski definition) is 7. The van der Waals surface area contributed by atoms with Crippen LogP contribution in [0.3, 0.4) is 0 Å². The van der Waals surface area contributed by atoms with Gasteiger partial charge >= 0.3 is 0 Å². The van der Waals surface area contributed by atoms with Gasteiger partial charge in [0.2, 0.25) is 16.9 Å². The first-order valence-electron chi connectivity index (χ1n) is 8.93. The highest BCUT2D eigenvalue weighted by Gasteiger charge is 2.32. The molecule has 0 saturated heterocycles. The lowest BCUT2D eigenvalue weighted by molar-refractivity contribution is -0.117. The maximum atomic E-state index is 12.6. The van der Waals surface area contributed by atoms with Crippen molar-refractivity contribution in [2.75, 3.05) is 10.7 Å². The van der Waals surface area contributed by atoms with Gasteiger partial charge in [-0.25, -0.2) is 0 Å². The summed E-state index contributed by atoms with van der Waals surface area (Å²) in [6.07, 6.45) is 4.92. The second kappa shape index (κ2) is 8.59. The van der Waals surface area contributed by atoms with Crippen LogP contribution in [0.15, 0.2) is 65.7 Å². The molecule has 0 N–H and O–H groups in total. The lowest BCUT2D eigenvalue weighted by Gasteiger charge is -2.27. The van der Waals surface area contributed by atoms with E-state index in [0.29, 0.717) is 28.2 Å². The van der Waals surface area contributed by atoms with Crippen molar-refractivity contribution in [2.24, 2.45) is 0 Å². The topological polar surface area (TPSA) is 68.2 Å².